The first kappa shape index (κ1) is 18.0. The van der Waals surface area contributed by atoms with Gasteiger partial charge < -0.3 is 24.6 Å². The van der Waals surface area contributed by atoms with Crippen LogP contribution in [-0.4, -0.2) is 43.6 Å². The molecule has 0 saturated carbocycles. The molecule has 0 fully saturated rings. The molecule has 2 N–H and O–H groups in total. The van der Waals surface area contributed by atoms with Gasteiger partial charge in [0.15, 0.2) is 11.5 Å². The fourth-order valence-electron chi connectivity index (χ4n) is 2.14. The van der Waals surface area contributed by atoms with Gasteiger partial charge in [0, 0.05) is 18.8 Å². The molecule has 1 heterocycles. The van der Waals surface area contributed by atoms with Crippen LogP contribution in [0.15, 0.2) is 42.6 Å². The number of benzene rings is 1. The van der Waals surface area contributed by atoms with E-state index in [1.165, 1.54) is 0 Å². The molecular weight excluding hydrogens is 308 g/mol. The number of aliphatic hydroxyl groups excluding tert-OH is 1. The molecule has 1 aromatic heterocycles. The fourth-order valence-corrected chi connectivity index (χ4v) is 2.14. The smallest absolute Gasteiger partial charge is 0.213 e. The third-order valence-corrected chi connectivity index (χ3v) is 3.29. The molecule has 0 aliphatic heterocycles. The van der Waals surface area contributed by atoms with Gasteiger partial charge in [-0.2, -0.15) is 0 Å². The zero-order valence-corrected chi connectivity index (χ0v) is 13.9. The Morgan fingerprint density at radius 3 is 2.75 bits per heavy atom. The number of hydrogen-bond acceptors (Lipinski definition) is 6. The van der Waals surface area contributed by atoms with Gasteiger partial charge >= 0.3 is 0 Å². The van der Waals surface area contributed by atoms with Gasteiger partial charge in [0.25, 0.3) is 0 Å². The van der Waals surface area contributed by atoms with Crippen molar-refractivity contribution in [3.63, 3.8) is 0 Å². The van der Waals surface area contributed by atoms with Gasteiger partial charge in [-0.05, 0) is 36.7 Å². The molecule has 0 spiro atoms. The zero-order valence-electron chi connectivity index (χ0n) is 13.9. The van der Waals surface area contributed by atoms with Crippen LogP contribution in [0.3, 0.4) is 0 Å². The highest BCUT2D eigenvalue weighted by molar-refractivity contribution is 5.42. The second-order valence-corrected chi connectivity index (χ2v) is 5.10. The van der Waals surface area contributed by atoms with Gasteiger partial charge in [0.05, 0.1) is 20.3 Å². The Hall–Kier alpha value is -2.31. The van der Waals surface area contributed by atoms with Crippen molar-refractivity contribution in [2.24, 2.45) is 0 Å². The van der Waals surface area contributed by atoms with Crippen molar-refractivity contribution in [3.8, 4) is 17.4 Å². The largest absolute Gasteiger partial charge is 0.493 e. The van der Waals surface area contributed by atoms with Crippen molar-refractivity contribution < 1.29 is 19.3 Å². The maximum atomic E-state index is 8.82. The summed E-state index contributed by atoms with van der Waals surface area (Å²) in [5.41, 5.74) is 1.11. The minimum absolute atomic E-state index is 0.0208. The molecule has 0 bridgehead atoms. The van der Waals surface area contributed by atoms with Crippen molar-refractivity contribution in [1.29, 1.82) is 0 Å². The lowest BCUT2D eigenvalue weighted by Gasteiger charge is -2.12. The van der Waals surface area contributed by atoms with Crippen LogP contribution in [0.4, 0.5) is 0 Å². The third kappa shape index (κ3) is 6.06. The third-order valence-electron chi connectivity index (χ3n) is 3.29. The molecule has 0 amide bonds. The second kappa shape index (κ2) is 10.5. The van der Waals surface area contributed by atoms with E-state index in [9.17, 15) is 0 Å². The van der Waals surface area contributed by atoms with E-state index in [1.54, 1.807) is 13.3 Å². The van der Waals surface area contributed by atoms with Crippen molar-refractivity contribution in [2.45, 2.75) is 13.0 Å². The van der Waals surface area contributed by atoms with Crippen LogP contribution in [0, 0.1) is 0 Å². The quantitative estimate of drug-likeness (QED) is 0.613. The SMILES string of the molecule is COc1cc(CNCCCOc2ccccn2)ccc1OCCO. The van der Waals surface area contributed by atoms with Crippen LogP contribution in [-0.2, 0) is 6.54 Å². The Balaban J connectivity index is 1.68. The monoisotopic (exact) mass is 332 g/mol. The summed E-state index contributed by atoms with van der Waals surface area (Å²) in [5, 5.41) is 12.2. The van der Waals surface area contributed by atoms with Crippen LogP contribution in [0.5, 0.6) is 17.4 Å². The molecule has 1 aromatic carbocycles. The van der Waals surface area contributed by atoms with Crippen LogP contribution in [0.1, 0.15) is 12.0 Å². The van der Waals surface area contributed by atoms with Crippen molar-refractivity contribution in [3.05, 3.63) is 48.2 Å². The zero-order chi connectivity index (χ0) is 17.0. The number of ether oxygens (including phenoxy) is 3. The number of hydrogen-bond donors (Lipinski definition) is 2. The molecule has 2 rings (SSSR count). The Bertz CT molecular complexity index is 593. The number of pyridine rings is 1. The first-order valence-electron chi connectivity index (χ1n) is 7.98. The molecule has 2 aromatic rings. The molecule has 24 heavy (non-hydrogen) atoms. The van der Waals surface area contributed by atoms with E-state index in [4.69, 9.17) is 19.3 Å². The van der Waals surface area contributed by atoms with Gasteiger partial charge in [-0.3, -0.25) is 0 Å². The van der Waals surface area contributed by atoms with Crippen molar-refractivity contribution in [1.82, 2.24) is 10.3 Å². The molecule has 0 atom stereocenters. The Morgan fingerprint density at radius 2 is 2.00 bits per heavy atom. The lowest BCUT2D eigenvalue weighted by atomic mass is 10.2. The number of methoxy groups -OCH3 is 1. The molecule has 6 heteroatoms. The Kier molecular flexibility index (Phi) is 7.86. The van der Waals surface area contributed by atoms with Gasteiger partial charge in [-0.1, -0.05) is 12.1 Å². The van der Waals surface area contributed by atoms with E-state index in [0.29, 0.717) is 24.0 Å². The standard InChI is InChI=1S/C18H24N2O4/c1-22-17-13-15(6-7-16(17)23-12-10-21)14-19-8-4-11-24-18-5-2-3-9-20-18/h2-3,5-7,9,13,19,21H,4,8,10-12,14H2,1H3. The van der Waals surface area contributed by atoms with Crippen LogP contribution in [0.25, 0.3) is 0 Å². The summed E-state index contributed by atoms with van der Waals surface area (Å²) in [6.45, 7) is 2.44. The topological polar surface area (TPSA) is 72.8 Å². The molecule has 0 saturated heterocycles. The van der Waals surface area contributed by atoms with E-state index in [-0.39, 0.29) is 13.2 Å². The fraction of sp³-hybridized carbons (Fsp3) is 0.389. The average Bonchev–Trinajstić information content (AvgIpc) is 2.64. The van der Waals surface area contributed by atoms with E-state index in [2.05, 4.69) is 10.3 Å². The van der Waals surface area contributed by atoms with Gasteiger partial charge in [0.1, 0.15) is 6.61 Å². The number of aliphatic hydroxyl groups is 1. The number of nitrogens with one attached hydrogen (secondary N) is 1. The van der Waals surface area contributed by atoms with E-state index >= 15 is 0 Å². The summed E-state index contributed by atoms with van der Waals surface area (Å²) >= 11 is 0. The lowest BCUT2D eigenvalue weighted by molar-refractivity contribution is 0.196. The molecule has 130 valence electrons. The molecule has 0 unspecified atom stereocenters. The molecule has 0 aliphatic carbocycles. The normalized spacial score (nSPS) is 10.4. The summed E-state index contributed by atoms with van der Waals surface area (Å²) in [6, 6.07) is 11.4. The highest BCUT2D eigenvalue weighted by Gasteiger charge is 2.05. The number of aromatic nitrogens is 1. The number of rotatable bonds is 11. The molecule has 0 aliphatic rings. The van der Waals surface area contributed by atoms with E-state index in [0.717, 1.165) is 25.1 Å². The van der Waals surface area contributed by atoms with Gasteiger partial charge in [0.2, 0.25) is 5.88 Å². The summed E-state index contributed by atoms with van der Waals surface area (Å²) < 4.78 is 16.3. The van der Waals surface area contributed by atoms with Gasteiger partial charge in [-0.25, -0.2) is 4.98 Å². The minimum Gasteiger partial charge on any atom is -0.493 e. The minimum atomic E-state index is -0.0208. The van der Waals surface area contributed by atoms with Crippen LogP contribution in [0.2, 0.25) is 0 Å². The molecule has 0 radical (unpaired) electrons. The predicted molar refractivity (Wildman–Crippen MR) is 91.6 cm³/mol. The predicted octanol–water partition coefficient (Wildman–Crippen LogP) is 2.02. The lowest BCUT2D eigenvalue weighted by Crippen LogP contribution is -2.17. The first-order chi connectivity index (χ1) is 11.8. The van der Waals surface area contributed by atoms with Crippen molar-refractivity contribution in [2.75, 3.05) is 33.5 Å². The van der Waals surface area contributed by atoms with Gasteiger partial charge in [-0.15, -0.1) is 0 Å². The molecular formula is C18H24N2O4. The highest BCUT2D eigenvalue weighted by atomic mass is 16.5. The summed E-state index contributed by atoms with van der Waals surface area (Å²) in [6.07, 6.45) is 2.61. The highest BCUT2D eigenvalue weighted by Crippen LogP contribution is 2.27. The summed E-state index contributed by atoms with van der Waals surface area (Å²) in [7, 11) is 1.60. The summed E-state index contributed by atoms with van der Waals surface area (Å²) in [5.74, 6) is 1.96. The van der Waals surface area contributed by atoms with Crippen LogP contribution < -0.4 is 19.5 Å². The maximum absolute atomic E-state index is 8.82. The summed E-state index contributed by atoms with van der Waals surface area (Å²) in [4.78, 5) is 4.11. The first-order valence-corrected chi connectivity index (χ1v) is 7.98. The Labute approximate surface area is 142 Å². The second-order valence-electron chi connectivity index (χ2n) is 5.10. The van der Waals surface area contributed by atoms with Crippen LogP contribution >= 0.6 is 0 Å². The van der Waals surface area contributed by atoms with E-state index in [1.807, 2.05) is 36.4 Å². The average molecular weight is 332 g/mol. The molecule has 6 nitrogen and oxygen atoms in total. The van der Waals surface area contributed by atoms with Crippen molar-refractivity contribution >= 4 is 0 Å². The number of nitrogens with zero attached hydrogens (tertiary/aromatic N) is 1. The maximum Gasteiger partial charge on any atom is 0.213 e. The van der Waals surface area contributed by atoms with E-state index < -0.39 is 0 Å². The Morgan fingerprint density at radius 1 is 1.08 bits per heavy atom.